The van der Waals surface area contributed by atoms with Crippen molar-refractivity contribution in [2.45, 2.75) is 29.5 Å². The molecule has 1 aromatic heterocycles. The molecule has 0 saturated carbocycles. The Labute approximate surface area is 85.4 Å². The third-order valence-corrected chi connectivity index (χ3v) is 3.30. The van der Waals surface area contributed by atoms with Gasteiger partial charge in [0.2, 0.25) is 0 Å². The van der Waals surface area contributed by atoms with Crippen molar-refractivity contribution in [1.29, 1.82) is 0 Å². The van der Waals surface area contributed by atoms with Gasteiger partial charge in [0.25, 0.3) is 0 Å². The normalized spacial score (nSPS) is 35.7. The van der Waals surface area contributed by atoms with Crippen molar-refractivity contribution < 1.29 is 9.15 Å². The number of ether oxygens (including phenoxy) is 1. The zero-order valence-electron chi connectivity index (χ0n) is 6.87. The lowest BCUT2D eigenvalue weighted by molar-refractivity contribution is 0.0573. The van der Waals surface area contributed by atoms with Crippen molar-refractivity contribution in [1.82, 2.24) is 0 Å². The molecule has 12 heavy (non-hydrogen) atoms. The first-order valence-electron chi connectivity index (χ1n) is 4.09. The summed E-state index contributed by atoms with van der Waals surface area (Å²) in [7, 11) is 0. The lowest BCUT2D eigenvalue weighted by atomic mass is 10.1. The van der Waals surface area contributed by atoms with E-state index in [1.54, 1.807) is 12.5 Å². The summed E-state index contributed by atoms with van der Waals surface area (Å²) in [4.78, 5) is 0. The zero-order chi connectivity index (χ0) is 8.55. The Morgan fingerprint density at radius 1 is 1.58 bits per heavy atom. The summed E-state index contributed by atoms with van der Waals surface area (Å²) < 4.78 is 11.4. The molecule has 1 saturated heterocycles. The molecule has 0 unspecified atom stereocenters. The van der Waals surface area contributed by atoms with Crippen LogP contribution < -0.4 is 0 Å². The van der Waals surface area contributed by atoms with Crippen LogP contribution in [0.25, 0.3) is 0 Å². The summed E-state index contributed by atoms with van der Waals surface area (Å²) in [6.07, 6.45) is 5.22. The van der Waals surface area contributed by atoms with Crippen LogP contribution >= 0.6 is 22.6 Å². The maximum absolute atomic E-state index is 5.75. The average Bonchev–Trinajstić information content (AvgIpc) is 2.58. The van der Waals surface area contributed by atoms with Crippen LogP contribution in [0.15, 0.2) is 23.0 Å². The highest BCUT2D eigenvalue weighted by Gasteiger charge is 2.32. The van der Waals surface area contributed by atoms with Gasteiger partial charge in [-0.25, -0.2) is 0 Å². The molecule has 2 nitrogen and oxygen atoms in total. The van der Waals surface area contributed by atoms with Crippen LogP contribution in [-0.2, 0) is 4.74 Å². The predicted octanol–water partition coefficient (Wildman–Crippen LogP) is 2.93. The summed E-state index contributed by atoms with van der Waals surface area (Å²) in [5, 5.41) is 0. The Hall–Kier alpha value is -0.0300. The van der Waals surface area contributed by atoms with Gasteiger partial charge in [0.1, 0.15) is 0 Å². The van der Waals surface area contributed by atoms with Crippen molar-refractivity contribution in [3.63, 3.8) is 0 Å². The van der Waals surface area contributed by atoms with E-state index in [1.165, 1.54) is 5.56 Å². The SMILES string of the molecule is C[C@@H]1C[C@H](I)[C@@H](c2ccoc2)O1. The van der Waals surface area contributed by atoms with Crippen LogP contribution in [0.3, 0.4) is 0 Å². The largest absolute Gasteiger partial charge is 0.472 e. The highest BCUT2D eigenvalue weighted by atomic mass is 127. The van der Waals surface area contributed by atoms with E-state index < -0.39 is 0 Å². The molecule has 2 rings (SSSR count). The quantitative estimate of drug-likeness (QED) is 0.582. The van der Waals surface area contributed by atoms with Gasteiger partial charge in [0, 0.05) is 9.49 Å². The Balaban J connectivity index is 2.15. The fourth-order valence-electron chi connectivity index (χ4n) is 1.56. The molecule has 1 aromatic rings. The van der Waals surface area contributed by atoms with E-state index in [0.29, 0.717) is 10.0 Å². The molecule has 0 bridgehead atoms. The Morgan fingerprint density at radius 3 is 2.92 bits per heavy atom. The molecule has 0 N–H and O–H groups in total. The van der Waals surface area contributed by atoms with Crippen molar-refractivity contribution in [3.8, 4) is 0 Å². The van der Waals surface area contributed by atoms with Crippen LogP contribution in [0.4, 0.5) is 0 Å². The second-order valence-electron chi connectivity index (χ2n) is 3.18. The molecule has 1 aliphatic heterocycles. The number of alkyl halides is 1. The predicted molar refractivity (Wildman–Crippen MR) is 54.4 cm³/mol. The molecule has 1 aliphatic rings. The van der Waals surface area contributed by atoms with Crippen molar-refractivity contribution in [2.24, 2.45) is 0 Å². The first-order chi connectivity index (χ1) is 5.77. The van der Waals surface area contributed by atoms with Gasteiger partial charge in [0.15, 0.2) is 0 Å². The number of rotatable bonds is 1. The smallest absolute Gasteiger partial charge is 0.0977 e. The van der Waals surface area contributed by atoms with Gasteiger partial charge in [-0.15, -0.1) is 0 Å². The van der Waals surface area contributed by atoms with E-state index in [2.05, 4.69) is 29.5 Å². The fourth-order valence-corrected chi connectivity index (χ4v) is 2.86. The second kappa shape index (κ2) is 3.38. The molecule has 3 heteroatoms. The van der Waals surface area contributed by atoms with Gasteiger partial charge in [-0.2, -0.15) is 0 Å². The Morgan fingerprint density at radius 2 is 2.42 bits per heavy atom. The van der Waals surface area contributed by atoms with Crippen molar-refractivity contribution in [3.05, 3.63) is 24.2 Å². The van der Waals surface area contributed by atoms with Crippen LogP contribution in [0, 0.1) is 0 Å². The van der Waals surface area contributed by atoms with Gasteiger partial charge in [-0.05, 0) is 19.4 Å². The third kappa shape index (κ3) is 1.52. The molecule has 0 aromatic carbocycles. The third-order valence-electron chi connectivity index (χ3n) is 2.14. The lowest BCUT2D eigenvalue weighted by Crippen LogP contribution is -2.04. The number of hydrogen-bond acceptors (Lipinski definition) is 2. The number of hydrogen-bond donors (Lipinski definition) is 0. The average molecular weight is 278 g/mol. The monoisotopic (exact) mass is 278 g/mol. The zero-order valence-corrected chi connectivity index (χ0v) is 9.02. The fraction of sp³-hybridized carbons (Fsp3) is 0.556. The molecule has 3 atom stereocenters. The Kier molecular flexibility index (Phi) is 2.41. The molecule has 0 aliphatic carbocycles. The first-order valence-corrected chi connectivity index (χ1v) is 5.33. The first kappa shape index (κ1) is 8.56. The maximum atomic E-state index is 5.75. The summed E-state index contributed by atoms with van der Waals surface area (Å²) in [6.45, 7) is 2.12. The second-order valence-corrected chi connectivity index (χ2v) is 4.78. The van der Waals surface area contributed by atoms with Crippen LogP contribution in [-0.4, -0.2) is 10.0 Å². The van der Waals surface area contributed by atoms with Gasteiger partial charge >= 0.3 is 0 Å². The van der Waals surface area contributed by atoms with Gasteiger partial charge in [-0.3, -0.25) is 0 Å². The lowest BCUT2D eigenvalue weighted by Gasteiger charge is -2.10. The van der Waals surface area contributed by atoms with Crippen LogP contribution in [0.5, 0.6) is 0 Å². The highest BCUT2D eigenvalue weighted by molar-refractivity contribution is 14.1. The van der Waals surface area contributed by atoms with Gasteiger partial charge in [-0.1, -0.05) is 22.6 Å². The molecule has 0 amide bonds. The van der Waals surface area contributed by atoms with Crippen LogP contribution in [0.1, 0.15) is 25.0 Å². The Bertz CT molecular complexity index is 245. The van der Waals surface area contributed by atoms with Crippen LogP contribution in [0.2, 0.25) is 0 Å². The number of halogens is 1. The van der Waals surface area contributed by atoms with Crippen molar-refractivity contribution >= 4 is 22.6 Å². The molecule has 0 spiro atoms. The summed E-state index contributed by atoms with van der Waals surface area (Å²) >= 11 is 2.44. The van der Waals surface area contributed by atoms with E-state index in [0.717, 1.165) is 6.42 Å². The van der Waals surface area contributed by atoms with Gasteiger partial charge < -0.3 is 9.15 Å². The highest BCUT2D eigenvalue weighted by Crippen LogP contribution is 2.37. The molecule has 2 heterocycles. The summed E-state index contributed by atoms with van der Waals surface area (Å²) in [5.74, 6) is 0. The molecule has 0 radical (unpaired) electrons. The van der Waals surface area contributed by atoms with E-state index in [-0.39, 0.29) is 6.10 Å². The number of furan rings is 1. The molecule has 1 fully saturated rings. The minimum atomic E-state index is 0.236. The molecular formula is C9H11IO2. The standard InChI is InChI=1S/C9H11IO2/c1-6-4-8(10)9(12-6)7-2-3-11-5-7/h2-3,5-6,8-9H,4H2,1H3/t6-,8+,9-/m1/s1. The van der Waals surface area contributed by atoms with Gasteiger partial charge in [0.05, 0.1) is 24.7 Å². The van der Waals surface area contributed by atoms with E-state index in [1.807, 2.05) is 6.07 Å². The maximum Gasteiger partial charge on any atom is 0.0977 e. The molecular weight excluding hydrogens is 267 g/mol. The van der Waals surface area contributed by atoms with Crippen molar-refractivity contribution in [2.75, 3.05) is 0 Å². The summed E-state index contributed by atoms with van der Waals surface area (Å²) in [6, 6.07) is 1.98. The topological polar surface area (TPSA) is 22.4 Å². The molecule has 66 valence electrons. The van der Waals surface area contributed by atoms with E-state index in [4.69, 9.17) is 9.15 Å². The minimum absolute atomic E-state index is 0.236. The van der Waals surface area contributed by atoms with E-state index >= 15 is 0 Å². The summed E-state index contributed by atoms with van der Waals surface area (Å²) in [5.41, 5.74) is 1.17. The minimum Gasteiger partial charge on any atom is -0.472 e. The van der Waals surface area contributed by atoms with E-state index in [9.17, 15) is 0 Å².